The van der Waals surface area contributed by atoms with Gasteiger partial charge in [-0.25, -0.2) is 4.99 Å². The van der Waals surface area contributed by atoms with Gasteiger partial charge in [-0.1, -0.05) is 24.3 Å². The number of rotatable bonds is 5. The molecule has 162 valence electrons. The van der Waals surface area contributed by atoms with Crippen LogP contribution in [-0.4, -0.2) is 59.9 Å². The summed E-state index contributed by atoms with van der Waals surface area (Å²) >= 11 is 0. The third kappa shape index (κ3) is 4.48. The lowest BCUT2D eigenvalue weighted by Crippen LogP contribution is -2.48. The van der Waals surface area contributed by atoms with E-state index in [-0.39, 0.29) is 17.6 Å². The van der Waals surface area contributed by atoms with Crippen LogP contribution in [0.4, 0.5) is 0 Å². The second-order valence-corrected chi connectivity index (χ2v) is 9.27. The molecule has 1 amide bonds. The Morgan fingerprint density at radius 3 is 2.74 bits per heavy atom. The average molecular weight is 418 g/mol. The molecule has 0 bridgehead atoms. The van der Waals surface area contributed by atoms with E-state index in [0.717, 1.165) is 51.1 Å². The van der Waals surface area contributed by atoms with Crippen molar-refractivity contribution in [3.05, 3.63) is 59.2 Å². The number of ketones is 1. The van der Waals surface area contributed by atoms with Crippen molar-refractivity contribution in [3.8, 4) is 0 Å². The van der Waals surface area contributed by atoms with Gasteiger partial charge in [0.25, 0.3) is 0 Å². The predicted octanol–water partition coefficient (Wildman–Crippen LogP) is 3.51. The van der Waals surface area contributed by atoms with E-state index in [2.05, 4.69) is 39.1 Å². The number of nitrogens with zero attached hydrogens (tertiary/aromatic N) is 3. The Labute approximate surface area is 184 Å². The molecule has 2 unspecified atom stereocenters. The van der Waals surface area contributed by atoms with E-state index in [1.54, 1.807) is 17.7 Å². The number of amides is 1. The fraction of sp³-hybridized carbons (Fsp3) is 0.500. The van der Waals surface area contributed by atoms with Gasteiger partial charge in [0.15, 0.2) is 5.78 Å². The van der Waals surface area contributed by atoms with E-state index in [9.17, 15) is 9.59 Å². The molecule has 2 atom stereocenters. The molecule has 1 saturated heterocycles. The maximum absolute atomic E-state index is 12.4. The molecule has 1 aromatic rings. The summed E-state index contributed by atoms with van der Waals surface area (Å²) in [7, 11) is 0. The van der Waals surface area contributed by atoms with Crippen molar-refractivity contribution in [3.63, 3.8) is 0 Å². The molecule has 4 aliphatic rings. The highest BCUT2D eigenvalue weighted by Crippen LogP contribution is 2.34. The van der Waals surface area contributed by atoms with E-state index in [1.165, 1.54) is 30.9 Å². The Bertz CT molecular complexity index is 953. The molecule has 0 spiro atoms. The number of aryl methyl sites for hydroxylation is 1. The Morgan fingerprint density at radius 2 is 1.87 bits per heavy atom. The van der Waals surface area contributed by atoms with Crippen LogP contribution in [0, 0.1) is 5.92 Å². The van der Waals surface area contributed by atoms with Crippen molar-refractivity contribution < 1.29 is 9.59 Å². The molecule has 0 saturated carbocycles. The summed E-state index contributed by atoms with van der Waals surface area (Å²) in [5.41, 5.74) is 4.69. The summed E-state index contributed by atoms with van der Waals surface area (Å²) < 4.78 is 0. The minimum atomic E-state index is -0.0747. The minimum Gasteiger partial charge on any atom is -0.301 e. The number of carbonyl (C=O) groups excluding carboxylic acids is 2. The van der Waals surface area contributed by atoms with Gasteiger partial charge in [-0.3, -0.25) is 14.5 Å². The first kappa shape index (κ1) is 20.5. The number of carbonyl (C=O) groups is 2. The van der Waals surface area contributed by atoms with Crippen molar-refractivity contribution in [1.82, 2.24) is 9.80 Å². The Kier molecular flexibility index (Phi) is 5.97. The van der Waals surface area contributed by atoms with Gasteiger partial charge >= 0.3 is 0 Å². The third-order valence-corrected chi connectivity index (χ3v) is 7.31. The topological polar surface area (TPSA) is 53.0 Å². The highest BCUT2D eigenvalue weighted by molar-refractivity contribution is 6.23. The maximum atomic E-state index is 12.4. The van der Waals surface area contributed by atoms with Gasteiger partial charge in [0.05, 0.1) is 5.71 Å². The molecule has 0 aromatic heterocycles. The normalized spacial score (nSPS) is 26.8. The fourth-order valence-electron chi connectivity index (χ4n) is 5.59. The molecule has 5 rings (SSSR count). The van der Waals surface area contributed by atoms with Crippen molar-refractivity contribution in [2.75, 3.05) is 32.7 Å². The summed E-state index contributed by atoms with van der Waals surface area (Å²) in [6.45, 7) is 5.48. The summed E-state index contributed by atoms with van der Waals surface area (Å²) in [6, 6.07) is 9.56. The highest BCUT2D eigenvalue weighted by atomic mass is 16.1. The lowest BCUT2D eigenvalue weighted by Gasteiger charge is -2.41. The number of benzene rings is 1. The van der Waals surface area contributed by atoms with Gasteiger partial charge in [0.1, 0.15) is 0 Å². The molecule has 1 fully saturated rings. The first-order chi connectivity index (χ1) is 15.2. The van der Waals surface area contributed by atoms with Crippen LogP contribution in [0.25, 0.3) is 0 Å². The highest BCUT2D eigenvalue weighted by Gasteiger charge is 2.30. The van der Waals surface area contributed by atoms with Crippen LogP contribution in [0.2, 0.25) is 0 Å². The van der Waals surface area contributed by atoms with Gasteiger partial charge in [-0.2, -0.15) is 0 Å². The van der Waals surface area contributed by atoms with Gasteiger partial charge in [-0.15, -0.1) is 0 Å². The van der Waals surface area contributed by atoms with Crippen molar-refractivity contribution >= 4 is 17.4 Å². The zero-order valence-electron chi connectivity index (χ0n) is 18.1. The van der Waals surface area contributed by atoms with E-state index >= 15 is 0 Å². The van der Waals surface area contributed by atoms with E-state index in [1.807, 2.05) is 0 Å². The fourth-order valence-corrected chi connectivity index (χ4v) is 5.59. The number of hydrogen-bond acceptors (Lipinski definition) is 4. The monoisotopic (exact) mass is 417 g/mol. The third-order valence-electron chi connectivity index (χ3n) is 7.31. The van der Waals surface area contributed by atoms with E-state index < -0.39 is 0 Å². The molecule has 0 radical (unpaired) electrons. The molecule has 2 heterocycles. The van der Waals surface area contributed by atoms with Gasteiger partial charge in [0, 0.05) is 38.1 Å². The van der Waals surface area contributed by atoms with Crippen LogP contribution < -0.4 is 0 Å². The molecule has 2 aliphatic heterocycles. The van der Waals surface area contributed by atoms with Gasteiger partial charge in [0.2, 0.25) is 5.91 Å². The summed E-state index contributed by atoms with van der Waals surface area (Å²) in [5, 5.41) is 0. The maximum Gasteiger partial charge on any atom is 0.249 e. The molecule has 5 nitrogen and oxygen atoms in total. The molecular weight excluding hydrogens is 386 g/mol. The minimum absolute atomic E-state index is 0.000471. The largest absolute Gasteiger partial charge is 0.301 e. The van der Waals surface area contributed by atoms with Crippen molar-refractivity contribution in [2.45, 2.75) is 44.6 Å². The number of aliphatic imine (C=N–C) groups is 1. The quantitative estimate of drug-likeness (QED) is 0.688. The molecule has 2 aliphatic carbocycles. The summed E-state index contributed by atoms with van der Waals surface area (Å²) in [4.78, 5) is 33.4. The lowest BCUT2D eigenvalue weighted by atomic mass is 9.86. The van der Waals surface area contributed by atoms with Crippen molar-refractivity contribution in [1.29, 1.82) is 0 Å². The molecule has 5 heteroatoms. The first-order valence-electron chi connectivity index (χ1n) is 11.8. The molecule has 31 heavy (non-hydrogen) atoms. The SMILES string of the molecule is O=C1C=CC2=NC(=O)C(CCCN3CCN(C4CCCc5ccccc54)CC3)CC2=C1. The van der Waals surface area contributed by atoms with Crippen LogP contribution in [-0.2, 0) is 16.0 Å². The molecular formula is C26H31N3O2. The zero-order chi connectivity index (χ0) is 21.2. The van der Waals surface area contributed by atoms with E-state index in [4.69, 9.17) is 0 Å². The Morgan fingerprint density at radius 1 is 1.03 bits per heavy atom. The lowest BCUT2D eigenvalue weighted by molar-refractivity contribution is -0.122. The summed E-state index contributed by atoms with van der Waals surface area (Å²) in [5.74, 6) is -0.0956. The number of piperazine rings is 1. The number of fused-ring (bicyclic) bond motifs is 2. The average Bonchev–Trinajstić information content (AvgIpc) is 2.80. The molecule has 0 N–H and O–H groups in total. The van der Waals surface area contributed by atoms with Gasteiger partial charge in [-0.05, 0) is 80.0 Å². The second kappa shape index (κ2) is 9.01. The standard InChI is InChI=1S/C26H31N3O2/c30-22-10-11-24-21(18-22)17-20(26(31)27-24)7-4-12-28-13-15-29(16-14-28)25-9-3-6-19-5-1-2-8-23(19)25/h1-2,5,8,10-11,18,20,25H,3-4,6-7,9,12-17H2. The van der Waals surface area contributed by atoms with Crippen LogP contribution in [0.3, 0.4) is 0 Å². The van der Waals surface area contributed by atoms with Crippen LogP contribution in [0.15, 0.2) is 53.1 Å². The van der Waals surface area contributed by atoms with Crippen LogP contribution in [0.5, 0.6) is 0 Å². The van der Waals surface area contributed by atoms with Gasteiger partial charge < -0.3 is 4.90 Å². The predicted molar refractivity (Wildman–Crippen MR) is 122 cm³/mol. The Balaban J connectivity index is 1.10. The first-order valence-corrected chi connectivity index (χ1v) is 11.8. The van der Waals surface area contributed by atoms with Crippen molar-refractivity contribution in [2.24, 2.45) is 10.9 Å². The molecule has 1 aromatic carbocycles. The second-order valence-electron chi connectivity index (χ2n) is 9.27. The smallest absolute Gasteiger partial charge is 0.249 e. The Hall–Kier alpha value is -2.37. The number of allylic oxidation sites excluding steroid dienone is 4. The van der Waals surface area contributed by atoms with Crippen LogP contribution >= 0.6 is 0 Å². The van der Waals surface area contributed by atoms with E-state index in [0.29, 0.717) is 18.2 Å². The van der Waals surface area contributed by atoms with Crippen LogP contribution in [0.1, 0.15) is 49.3 Å². The summed E-state index contributed by atoms with van der Waals surface area (Å²) in [6.07, 6.45) is 11.1. The number of hydrogen-bond donors (Lipinski definition) is 0. The zero-order valence-corrected chi connectivity index (χ0v) is 18.1.